The van der Waals surface area contributed by atoms with Crippen LogP contribution in [0.4, 0.5) is 13.2 Å². The van der Waals surface area contributed by atoms with Gasteiger partial charge in [0.15, 0.2) is 0 Å². The maximum atomic E-state index is 12.2. The van der Waals surface area contributed by atoms with E-state index in [1.807, 2.05) is 0 Å². The Balaban J connectivity index is 2.16. The fourth-order valence-electron chi connectivity index (χ4n) is 1.50. The van der Waals surface area contributed by atoms with E-state index < -0.39 is 11.9 Å². The van der Waals surface area contributed by atoms with E-state index in [-0.39, 0.29) is 6.04 Å². The van der Waals surface area contributed by atoms with Gasteiger partial charge in [-0.05, 0) is 30.4 Å². The van der Waals surface area contributed by atoms with Crippen LogP contribution in [-0.2, 0) is 6.18 Å². The largest absolute Gasteiger partial charge is 0.433 e. The Morgan fingerprint density at radius 3 is 2.40 bits per heavy atom. The van der Waals surface area contributed by atoms with Gasteiger partial charge < -0.3 is 5.73 Å². The van der Waals surface area contributed by atoms with Gasteiger partial charge in [-0.15, -0.1) is 0 Å². The van der Waals surface area contributed by atoms with Crippen LogP contribution in [0.25, 0.3) is 0 Å². The molecule has 1 aromatic rings. The first-order valence-corrected chi connectivity index (χ1v) is 4.77. The van der Waals surface area contributed by atoms with E-state index in [9.17, 15) is 13.2 Å². The van der Waals surface area contributed by atoms with Gasteiger partial charge in [0, 0.05) is 12.2 Å². The number of nitrogens with zero attached hydrogens (tertiary/aromatic N) is 1. The number of hydrogen-bond donors (Lipinski definition) is 1. The molecule has 0 unspecified atom stereocenters. The molecule has 1 saturated carbocycles. The molecule has 1 aliphatic rings. The normalized spacial score (nSPS) is 18.9. The molecule has 2 rings (SSSR count). The second-order valence-electron chi connectivity index (χ2n) is 3.84. The number of alkyl halides is 3. The standard InChI is InChI=1S/C10H11F3N2/c11-10(12,13)8-4-3-7(5-15-8)9(14)6-1-2-6/h3-6,9H,1-2,14H2/t9-/m1/s1. The molecule has 1 aliphatic carbocycles. The summed E-state index contributed by atoms with van der Waals surface area (Å²) in [6.45, 7) is 0. The molecule has 0 bridgehead atoms. The lowest BCUT2D eigenvalue weighted by atomic mass is 10.1. The van der Waals surface area contributed by atoms with Crippen molar-refractivity contribution in [3.63, 3.8) is 0 Å². The van der Waals surface area contributed by atoms with E-state index in [1.165, 1.54) is 12.3 Å². The van der Waals surface area contributed by atoms with E-state index in [0.717, 1.165) is 18.9 Å². The van der Waals surface area contributed by atoms with Crippen molar-refractivity contribution in [1.29, 1.82) is 0 Å². The second kappa shape index (κ2) is 3.48. The minimum atomic E-state index is -4.37. The van der Waals surface area contributed by atoms with Crippen molar-refractivity contribution in [2.45, 2.75) is 25.1 Å². The first kappa shape index (κ1) is 10.4. The fraction of sp³-hybridized carbons (Fsp3) is 0.500. The Morgan fingerprint density at radius 1 is 1.33 bits per heavy atom. The highest BCUT2D eigenvalue weighted by Gasteiger charge is 2.33. The molecule has 0 radical (unpaired) electrons. The third-order valence-corrected chi connectivity index (χ3v) is 2.59. The number of rotatable bonds is 2. The molecule has 0 aromatic carbocycles. The van der Waals surface area contributed by atoms with Crippen LogP contribution in [0, 0.1) is 5.92 Å². The molecule has 82 valence electrons. The summed E-state index contributed by atoms with van der Waals surface area (Å²) in [6, 6.07) is 2.23. The predicted molar refractivity (Wildman–Crippen MR) is 48.9 cm³/mol. The Kier molecular flexibility index (Phi) is 2.42. The number of halogens is 3. The van der Waals surface area contributed by atoms with E-state index in [1.54, 1.807) is 0 Å². The van der Waals surface area contributed by atoms with Crippen LogP contribution in [0.3, 0.4) is 0 Å². The molecular weight excluding hydrogens is 205 g/mol. The van der Waals surface area contributed by atoms with Crippen LogP contribution in [0.15, 0.2) is 18.3 Å². The van der Waals surface area contributed by atoms with Gasteiger partial charge >= 0.3 is 6.18 Å². The molecule has 0 saturated heterocycles. The van der Waals surface area contributed by atoms with Crippen molar-refractivity contribution in [2.24, 2.45) is 11.7 Å². The molecule has 0 aliphatic heterocycles. The summed E-state index contributed by atoms with van der Waals surface area (Å²) in [5.74, 6) is 0.420. The van der Waals surface area contributed by atoms with Gasteiger partial charge in [0.05, 0.1) is 0 Å². The molecule has 1 aromatic heterocycles. The van der Waals surface area contributed by atoms with Crippen molar-refractivity contribution in [1.82, 2.24) is 4.98 Å². The Labute approximate surface area is 85.3 Å². The lowest BCUT2D eigenvalue weighted by Gasteiger charge is -2.11. The molecule has 15 heavy (non-hydrogen) atoms. The first-order chi connectivity index (χ1) is 6.98. The molecule has 1 fully saturated rings. The first-order valence-electron chi connectivity index (χ1n) is 4.77. The van der Waals surface area contributed by atoms with E-state index in [4.69, 9.17) is 5.73 Å². The number of nitrogens with two attached hydrogens (primary N) is 1. The van der Waals surface area contributed by atoms with Gasteiger partial charge in [-0.2, -0.15) is 13.2 Å². The third kappa shape index (κ3) is 2.28. The molecular formula is C10H11F3N2. The minimum absolute atomic E-state index is 0.167. The quantitative estimate of drug-likeness (QED) is 0.824. The lowest BCUT2D eigenvalue weighted by Crippen LogP contribution is -2.14. The van der Waals surface area contributed by atoms with Crippen LogP contribution in [-0.4, -0.2) is 4.98 Å². The zero-order valence-corrected chi connectivity index (χ0v) is 7.96. The van der Waals surface area contributed by atoms with Crippen molar-refractivity contribution in [2.75, 3.05) is 0 Å². The van der Waals surface area contributed by atoms with Crippen molar-refractivity contribution >= 4 is 0 Å². The van der Waals surface area contributed by atoms with Crippen LogP contribution >= 0.6 is 0 Å². The van der Waals surface area contributed by atoms with Gasteiger partial charge in [-0.25, -0.2) is 0 Å². The summed E-state index contributed by atoms with van der Waals surface area (Å²) in [5, 5.41) is 0. The highest BCUT2D eigenvalue weighted by atomic mass is 19.4. The number of hydrogen-bond acceptors (Lipinski definition) is 2. The lowest BCUT2D eigenvalue weighted by molar-refractivity contribution is -0.141. The van der Waals surface area contributed by atoms with Gasteiger partial charge in [0.2, 0.25) is 0 Å². The molecule has 0 amide bonds. The van der Waals surface area contributed by atoms with Crippen molar-refractivity contribution in [3.8, 4) is 0 Å². The van der Waals surface area contributed by atoms with Gasteiger partial charge in [-0.1, -0.05) is 6.07 Å². The average molecular weight is 216 g/mol. The van der Waals surface area contributed by atoms with Gasteiger partial charge in [-0.3, -0.25) is 4.98 Å². The van der Waals surface area contributed by atoms with E-state index >= 15 is 0 Å². The smallest absolute Gasteiger partial charge is 0.324 e. The summed E-state index contributed by atoms with van der Waals surface area (Å²) >= 11 is 0. The maximum Gasteiger partial charge on any atom is 0.433 e. The van der Waals surface area contributed by atoms with Crippen LogP contribution in [0.5, 0.6) is 0 Å². The predicted octanol–water partition coefficient (Wildman–Crippen LogP) is 2.51. The maximum absolute atomic E-state index is 12.2. The Morgan fingerprint density at radius 2 is 2.00 bits per heavy atom. The van der Waals surface area contributed by atoms with Crippen LogP contribution in [0.1, 0.15) is 30.1 Å². The van der Waals surface area contributed by atoms with E-state index in [2.05, 4.69) is 4.98 Å². The van der Waals surface area contributed by atoms with Crippen LogP contribution in [0.2, 0.25) is 0 Å². The minimum Gasteiger partial charge on any atom is -0.324 e. The number of aromatic nitrogens is 1. The summed E-state index contributed by atoms with van der Waals surface area (Å²) < 4.78 is 36.6. The Hall–Kier alpha value is -1.10. The molecule has 0 spiro atoms. The summed E-state index contributed by atoms with van der Waals surface area (Å²) in [7, 11) is 0. The SMILES string of the molecule is N[C@@H](c1ccc(C(F)(F)F)nc1)C1CC1. The fourth-order valence-corrected chi connectivity index (χ4v) is 1.50. The molecule has 5 heteroatoms. The number of pyridine rings is 1. The van der Waals surface area contributed by atoms with Gasteiger partial charge in [0.1, 0.15) is 5.69 Å². The highest BCUT2D eigenvalue weighted by molar-refractivity contribution is 5.20. The van der Waals surface area contributed by atoms with Crippen molar-refractivity contribution in [3.05, 3.63) is 29.6 Å². The highest BCUT2D eigenvalue weighted by Crippen LogP contribution is 2.39. The summed E-state index contributed by atoms with van der Waals surface area (Å²) in [4.78, 5) is 3.38. The van der Waals surface area contributed by atoms with Crippen molar-refractivity contribution < 1.29 is 13.2 Å². The zero-order valence-electron chi connectivity index (χ0n) is 7.96. The average Bonchev–Trinajstić information content (AvgIpc) is 2.99. The van der Waals surface area contributed by atoms with E-state index in [0.29, 0.717) is 11.5 Å². The van der Waals surface area contributed by atoms with Gasteiger partial charge in [0.25, 0.3) is 0 Å². The summed E-state index contributed by atoms with van der Waals surface area (Å²) in [6.07, 6.45) is -1.03. The second-order valence-corrected chi connectivity index (χ2v) is 3.84. The summed E-state index contributed by atoms with van der Waals surface area (Å²) in [5.41, 5.74) is 5.66. The molecule has 2 nitrogen and oxygen atoms in total. The molecule has 1 atom stereocenters. The topological polar surface area (TPSA) is 38.9 Å². The zero-order chi connectivity index (χ0) is 11.1. The third-order valence-electron chi connectivity index (χ3n) is 2.59. The molecule has 1 heterocycles. The molecule has 2 N–H and O–H groups in total. The Bertz CT molecular complexity index is 341. The monoisotopic (exact) mass is 216 g/mol. The van der Waals surface area contributed by atoms with Crippen LogP contribution < -0.4 is 5.73 Å².